The minimum atomic E-state index is -0.363. The maximum absolute atomic E-state index is 12.4. The van der Waals surface area contributed by atoms with E-state index in [1.54, 1.807) is 0 Å². The zero-order valence-electron chi connectivity index (χ0n) is 7.35. The molecule has 0 aliphatic carbocycles. The third kappa shape index (κ3) is 1.97. The molecule has 1 aliphatic rings. The number of alkyl halides is 1. The van der Waals surface area contributed by atoms with Crippen LogP contribution in [0.25, 0.3) is 0 Å². The van der Waals surface area contributed by atoms with E-state index < -0.39 is 0 Å². The summed E-state index contributed by atoms with van der Waals surface area (Å²) in [5.74, 6) is 2.12. The van der Waals surface area contributed by atoms with E-state index in [1.165, 1.54) is 11.3 Å². The van der Waals surface area contributed by atoms with Crippen LogP contribution in [0.4, 0.5) is 10.1 Å². The first kappa shape index (κ1) is 8.88. The SMILES string of the molecule is FCc1ccc2c(c1)CSCCN2. The topological polar surface area (TPSA) is 12.0 Å². The molecule has 0 aromatic heterocycles. The molecule has 0 amide bonds. The van der Waals surface area contributed by atoms with Gasteiger partial charge >= 0.3 is 0 Å². The smallest absolute Gasteiger partial charge is 0.115 e. The number of fused-ring (bicyclic) bond motifs is 1. The molecule has 0 atom stereocenters. The van der Waals surface area contributed by atoms with Crippen LogP contribution in [0.2, 0.25) is 0 Å². The maximum Gasteiger partial charge on any atom is 0.115 e. The molecule has 1 aliphatic heterocycles. The second kappa shape index (κ2) is 4.01. The monoisotopic (exact) mass is 197 g/mol. The Kier molecular flexibility index (Phi) is 2.74. The second-order valence-corrected chi connectivity index (χ2v) is 4.21. The van der Waals surface area contributed by atoms with Gasteiger partial charge in [-0.3, -0.25) is 0 Å². The number of hydrogen-bond acceptors (Lipinski definition) is 2. The largest absolute Gasteiger partial charge is 0.384 e. The van der Waals surface area contributed by atoms with Gasteiger partial charge in [0.25, 0.3) is 0 Å². The minimum absolute atomic E-state index is 0.363. The molecule has 70 valence electrons. The summed E-state index contributed by atoms with van der Waals surface area (Å²) in [4.78, 5) is 0. The van der Waals surface area contributed by atoms with Gasteiger partial charge in [-0.2, -0.15) is 11.8 Å². The number of rotatable bonds is 1. The maximum atomic E-state index is 12.4. The third-order valence-electron chi connectivity index (χ3n) is 2.14. The number of thioether (sulfide) groups is 1. The first-order valence-electron chi connectivity index (χ1n) is 4.39. The molecular weight excluding hydrogens is 185 g/mol. The highest BCUT2D eigenvalue weighted by atomic mass is 32.2. The number of benzene rings is 1. The second-order valence-electron chi connectivity index (χ2n) is 3.10. The molecule has 2 rings (SSSR count). The predicted octanol–water partition coefficient (Wildman–Crippen LogP) is 2.81. The fraction of sp³-hybridized carbons (Fsp3) is 0.400. The van der Waals surface area contributed by atoms with E-state index in [0.717, 1.165) is 23.6 Å². The summed E-state index contributed by atoms with van der Waals surface area (Å²) in [6.07, 6.45) is 0. The molecule has 0 bridgehead atoms. The molecule has 0 saturated heterocycles. The Bertz CT molecular complexity index is 301. The molecule has 3 heteroatoms. The highest BCUT2D eigenvalue weighted by Gasteiger charge is 2.07. The van der Waals surface area contributed by atoms with Crippen LogP contribution < -0.4 is 5.32 Å². The fourth-order valence-corrected chi connectivity index (χ4v) is 2.31. The Morgan fingerprint density at radius 1 is 1.46 bits per heavy atom. The molecule has 13 heavy (non-hydrogen) atoms. The summed E-state index contributed by atoms with van der Waals surface area (Å²) in [7, 11) is 0. The lowest BCUT2D eigenvalue weighted by Gasteiger charge is -2.07. The van der Waals surface area contributed by atoms with Crippen molar-refractivity contribution >= 4 is 17.4 Å². The van der Waals surface area contributed by atoms with Crippen molar-refractivity contribution in [2.45, 2.75) is 12.4 Å². The number of halogens is 1. The van der Waals surface area contributed by atoms with Crippen molar-refractivity contribution < 1.29 is 4.39 Å². The molecule has 0 fully saturated rings. The molecule has 0 radical (unpaired) electrons. The predicted molar refractivity (Wildman–Crippen MR) is 55.9 cm³/mol. The molecular formula is C10H12FNS. The van der Waals surface area contributed by atoms with Crippen molar-refractivity contribution in [3.8, 4) is 0 Å². The number of hydrogen-bond donors (Lipinski definition) is 1. The highest BCUT2D eigenvalue weighted by molar-refractivity contribution is 7.98. The van der Waals surface area contributed by atoms with E-state index in [-0.39, 0.29) is 6.67 Å². The highest BCUT2D eigenvalue weighted by Crippen LogP contribution is 2.25. The van der Waals surface area contributed by atoms with Crippen LogP contribution in [0.15, 0.2) is 18.2 Å². The van der Waals surface area contributed by atoms with Crippen LogP contribution in [0.3, 0.4) is 0 Å². The molecule has 1 aromatic carbocycles. The van der Waals surface area contributed by atoms with Crippen molar-refractivity contribution in [2.24, 2.45) is 0 Å². The van der Waals surface area contributed by atoms with Crippen LogP contribution in [0.1, 0.15) is 11.1 Å². The zero-order chi connectivity index (χ0) is 9.10. The zero-order valence-corrected chi connectivity index (χ0v) is 8.16. The van der Waals surface area contributed by atoms with E-state index in [9.17, 15) is 4.39 Å². The Morgan fingerprint density at radius 3 is 3.23 bits per heavy atom. The van der Waals surface area contributed by atoms with Crippen molar-refractivity contribution in [1.82, 2.24) is 0 Å². The average Bonchev–Trinajstić information content (AvgIpc) is 2.41. The Labute approximate surface area is 81.7 Å². The summed E-state index contributed by atoms with van der Waals surface area (Å²) in [6, 6.07) is 5.79. The van der Waals surface area contributed by atoms with Crippen molar-refractivity contribution in [2.75, 3.05) is 17.6 Å². The van der Waals surface area contributed by atoms with Crippen LogP contribution in [-0.4, -0.2) is 12.3 Å². The quantitative estimate of drug-likeness (QED) is 0.743. The van der Waals surface area contributed by atoms with Gasteiger partial charge in [0, 0.05) is 23.7 Å². The Morgan fingerprint density at radius 2 is 2.38 bits per heavy atom. The van der Waals surface area contributed by atoms with E-state index in [0.29, 0.717) is 0 Å². The molecule has 0 spiro atoms. The lowest BCUT2D eigenvalue weighted by atomic mass is 10.1. The van der Waals surface area contributed by atoms with E-state index in [2.05, 4.69) is 5.32 Å². The molecule has 1 aromatic rings. The summed E-state index contributed by atoms with van der Waals surface area (Å²) in [5, 5.41) is 3.33. The molecule has 1 heterocycles. The Hall–Kier alpha value is -0.700. The molecule has 1 N–H and O–H groups in total. The first-order valence-corrected chi connectivity index (χ1v) is 5.55. The average molecular weight is 197 g/mol. The summed E-state index contributed by atoms with van der Waals surface area (Å²) >= 11 is 1.89. The molecule has 1 nitrogen and oxygen atoms in total. The minimum Gasteiger partial charge on any atom is -0.384 e. The summed E-state index contributed by atoms with van der Waals surface area (Å²) in [5.41, 5.74) is 3.18. The van der Waals surface area contributed by atoms with Gasteiger partial charge in [0.15, 0.2) is 0 Å². The lowest BCUT2D eigenvalue weighted by molar-refractivity contribution is 0.485. The van der Waals surface area contributed by atoms with Gasteiger partial charge in [-0.25, -0.2) is 4.39 Å². The van der Waals surface area contributed by atoms with Gasteiger partial charge in [0.1, 0.15) is 6.67 Å². The molecule has 0 saturated carbocycles. The summed E-state index contributed by atoms with van der Waals surface area (Å²) < 4.78 is 12.4. The van der Waals surface area contributed by atoms with Gasteiger partial charge in [-0.05, 0) is 17.2 Å². The third-order valence-corrected chi connectivity index (χ3v) is 3.15. The van der Waals surface area contributed by atoms with Crippen LogP contribution in [0.5, 0.6) is 0 Å². The molecule has 0 unspecified atom stereocenters. The lowest BCUT2D eigenvalue weighted by Crippen LogP contribution is -2.02. The fourth-order valence-electron chi connectivity index (χ4n) is 1.46. The first-order chi connectivity index (χ1) is 6.40. The van der Waals surface area contributed by atoms with Gasteiger partial charge in [0.2, 0.25) is 0 Å². The van der Waals surface area contributed by atoms with Gasteiger partial charge in [-0.15, -0.1) is 0 Å². The Balaban J connectivity index is 2.32. The van der Waals surface area contributed by atoms with Crippen molar-refractivity contribution in [3.05, 3.63) is 29.3 Å². The normalized spacial score (nSPS) is 15.8. The van der Waals surface area contributed by atoms with Crippen LogP contribution >= 0.6 is 11.8 Å². The van der Waals surface area contributed by atoms with Crippen LogP contribution in [0, 0.1) is 0 Å². The van der Waals surface area contributed by atoms with E-state index in [4.69, 9.17) is 0 Å². The number of nitrogens with one attached hydrogen (secondary N) is 1. The van der Waals surface area contributed by atoms with Crippen molar-refractivity contribution in [3.63, 3.8) is 0 Å². The number of anilines is 1. The van der Waals surface area contributed by atoms with Gasteiger partial charge < -0.3 is 5.32 Å². The standard InChI is InChI=1S/C10H12FNS/c11-6-8-1-2-10-9(5-8)7-13-4-3-12-10/h1-2,5,12H,3-4,6-7H2. The van der Waals surface area contributed by atoms with Gasteiger partial charge in [0.05, 0.1) is 0 Å². The van der Waals surface area contributed by atoms with E-state index in [1.807, 2.05) is 30.0 Å². The van der Waals surface area contributed by atoms with Gasteiger partial charge in [-0.1, -0.05) is 12.1 Å². The summed E-state index contributed by atoms with van der Waals surface area (Å²) in [6.45, 7) is 0.643. The van der Waals surface area contributed by atoms with E-state index >= 15 is 0 Å². The van der Waals surface area contributed by atoms with Crippen LogP contribution in [-0.2, 0) is 12.4 Å². The van der Waals surface area contributed by atoms with Crippen molar-refractivity contribution in [1.29, 1.82) is 0 Å².